The Balaban J connectivity index is 2.09. The van der Waals surface area contributed by atoms with Crippen LogP contribution < -0.4 is 14.2 Å². The number of hydrogen-bond acceptors (Lipinski definition) is 7. The second-order valence-electron chi connectivity index (χ2n) is 8.17. The minimum Gasteiger partial charge on any atom is -0.497 e. The summed E-state index contributed by atoms with van der Waals surface area (Å²) in [6.45, 7) is 3.64. The van der Waals surface area contributed by atoms with Gasteiger partial charge in [-0.1, -0.05) is 47.5 Å². The Morgan fingerprint density at radius 2 is 1.24 bits per heavy atom. The minimum absolute atomic E-state index is 0.0268. The van der Waals surface area contributed by atoms with Gasteiger partial charge >= 0.3 is 5.97 Å². The van der Waals surface area contributed by atoms with Crippen molar-refractivity contribution in [2.24, 2.45) is 0 Å². The van der Waals surface area contributed by atoms with Crippen LogP contribution in [-0.4, -0.2) is 37.0 Å². The summed E-state index contributed by atoms with van der Waals surface area (Å²) >= 11 is 0. The van der Waals surface area contributed by atoms with Gasteiger partial charge in [0.1, 0.15) is 5.75 Å². The van der Waals surface area contributed by atoms with Crippen molar-refractivity contribution < 1.29 is 31.1 Å². The van der Waals surface area contributed by atoms with Crippen molar-refractivity contribution in [1.29, 1.82) is 0 Å². The van der Waals surface area contributed by atoms with E-state index in [1.165, 1.54) is 31.4 Å². The topological polar surface area (TPSA) is 128 Å². The van der Waals surface area contributed by atoms with E-state index in [0.29, 0.717) is 11.3 Å². The van der Waals surface area contributed by atoms with Gasteiger partial charge in [0, 0.05) is 6.20 Å². The standard InChI is InChI=1S/C26H28N2O7S2/c1-18-5-13-22(14-6-18)36(30,31)27-17-24(26(29)35-4)25(20-9-11-21(34-3)12-10-20)28-37(32,33)23-15-7-19(2)8-16-23/h5-17,25,27-28H,1-4H3/b24-17+. The monoisotopic (exact) mass is 544 g/mol. The zero-order chi connectivity index (χ0) is 27.2. The number of nitrogens with one attached hydrogen (secondary N) is 2. The van der Waals surface area contributed by atoms with Crippen molar-refractivity contribution in [3.63, 3.8) is 0 Å². The molecule has 9 nitrogen and oxygen atoms in total. The zero-order valence-corrected chi connectivity index (χ0v) is 22.4. The predicted octanol–water partition coefficient (Wildman–Crippen LogP) is 3.37. The molecule has 0 amide bonds. The van der Waals surface area contributed by atoms with Crippen LogP contribution in [0.5, 0.6) is 5.75 Å². The SMILES string of the molecule is COC(=O)/C(=C/NS(=O)(=O)c1ccc(C)cc1)C(NS(=O)(=O)c1ccc(C)cc1)c1ccc(OC)cc1. The van der Waals surface area contributed by atoms with Crippen molar-refractivity contribution in [3.05, 3.63) is 101 Å². The maximum atomic E-state index is 13.3. The molecule has 0 radical (unpaired) electrons. The average molecular weight is 545 g/mol. The average Bonchev–Trinajstić information content (AvgIpc) is 2.88. The van der Waals surface area contributed by atoms with Crippen LogP contribution in [-0.2, 0) is 29.6 Å². The second kappa shape index (κ2) is 11.6. The molecule has 1 atom stereocenters. The molecule has 0 aliphatic carbocycles. The maximum absolute atomic E-state index is 13.3. The highest BCUT2D eigenvalue weighted by atomic mass is 32.2. The summed E-state index contributed by atoms with van der Waals surface area (Å²) in [6.07, 6.45) is 0.938. The first-order valence-corrected chi connectivity index (χ1v) is 14.0. The number of esters is 1. The van der Waals surface area contributed by atoms with Crippen LogP contribution in [0.1, 0.15) is 22.7 Å². The number of sulfonamides is 2. The molecule has 0 saturated carbocycles. The van der Waals surface area contributed by atoms with Crippen molar-refractivity contribution >= 4 is 26.0 Å². The van der Waals surface area contributed by atoms with E-state index < -0.39 is 32.1 Å². The fourth-order valence-electron chi connectivity index (χ4n) is 3.35. The zero-order valence-electron chi connectivity index (χ0n) is 20.8. The highest BCUT2D eigenvalue weighted by Gasteiger charge is 2.30. The van der Waals surface area contributed by atoms with Gasteiger partial charge in [-0.25, -0.2) is 21.6 Å². The maximum Gasteiger partial charge on any atom is 0.337 e. The third kappa shape index (κ3) is 6.97. The highest BCUT2D eigenvalue weighted by Crippen LogP contribution is 2.27. The molecule has 11 heteroatoms. The fourth-order valence-corrected chi connectivity index (χ4v) is 5.47. The lowest BCUT2D eigenvalue weighted by molar-refractivity contribution is -0.136. The van der Waals surface area contributed by atoms with Gasteiger partial charge in [-0.2, -0.15) is 4.72 Å². The molecule has 0 aromatic heterocycles. The van der Waals surface area contributed by atoms with Crippen LogP contribution in [0.2, 0.25) is 0 Å². The summed E-state index contributed by atoms with van der Waals surface area (Å²) in [5, 5.41) is 0. The van der Waals surface area contributed by atoms with Crippen LogP contribution in [0.25, 0.3) is 0 Å². The largest absolute Gasteiger partial charge is 0.497 e. The van der Waals surface area contributed by atoms with E-state index in [1.54, 1.807) is 48.5 Å². The summed E-state index contributed by atoms with van der Waals surface area (Å²) in [5.74, 6) is -0.424. The molecule has 0 bridgehead atoms. The van der Waals surface area contributed by atoms with Crippen LogP contribution in [0, 0.1) is 13.8 Å². The molecule has 0 heterocycles. The van der Waals surface area contributed by atoms with E-state index in [-0.39, 0.29) is 15.4 Å². The van der Waals surface area contributed by atoms with E-state index in [9.17, 15) is 21.6 Å². The van der Waals surface area contributed by atoms with Crippen LogP contribution >= 0.6 is 0 Å². The highest BCUT2D eigenvalue weighted by molar-refractivity contribution is 7.89. The molecule has 3 aromatic rings. The van der Waals surface area contributed by atoms with Crippen molar-refractivity contribution in [2.75, 3.05) is 14.2 Å². The summed E-state index contributed by atoms with van der Waals surface area (Å²) in [6, 6.07) is 17.3. The molecule has 0 aliphatic rings. The number of benzene rings is 3. The molecule has 196 valence electrons. The fraction of sp³-hybridized carbons (Fsp3) is 0.192. The molecule has 3 rings (SSSR count). The van der Waals surface area contributed by atoms with E-state index in [2.05, 4.69) is 9.44 Å². The number of aryl methyl sites for hydroxylation is 2. The molecular weight excluding hydrogens is 516 g/mol. The number of rotatable bonds is 10. The molecule has 0 fully saturated rings. The van der Waals surface area contributed by atoms with E-state index >= 15 is 0 Å². The molecule has 2 N–H and O–H groups in total. The Morgan fingerprint density at radius 1 is 0.757 bits per heavy atom. The molecule has 37 heavy (non-hydrogen) atoms. The van der Waals surface area contributed by atoms with Crippen molar-refractivity contribution in [3.8, 4) is 5.75 Å². The Kier molecular flexibility index (Phi) is 8.74. The molecule has 1 unspecified atom stereocenters. The van der Waals surface area contributed by atoms with Crippen LogP contribution in [0.3, 0.4) is 0 Å². The number of carbonyl (C=O) groups is 1. The lowest BCUT2D eigenvalue weighted by Gasteiger charge is -2.22. The lowest BCUT2D eigenvalue weighted by Crippen LogP contribution is -2.33. The van der Waals surface area contributed by atoms with Crippen molar-refractivity contribution in [1.82, 2.24) is 9.44 Å². The third-order valence-electron chi connectivity index (χ3n) is 5.49. The van der Waals surface area contributed by atoms with Crippen LogP contribution in [0.4, 0.5) is 0 Å². The summed E-state index contributed by atoms with van der Waals surface area (Å²) in [4.78, 5) is 12.8. The summed E-state index contributed by atoms with van der Waals surface area (Å²) < 4.78 is 67.1. The Morgan fingerprint density at radius 3 is 1.70 bits per heavy atom. The van der Waals surface area contributed by atoms with Gasteiger partial charge in [-0.05, 0) is 55.8 Å². The van der Waals surface area contributed by atoms with Gasteiger partial charge in [0.25, 0.3) is 10.0 Å². The van der Waals surface area contributed by atoms with Gasteiger partial charge in [-0.3, -0.25) is 4.72 Å². The van der Waals surface area contributed by atoms with Crippen LogP contribution in [0.15, 0.2) is 94.4 Å². The minimum atomic E-state index is -4.14. The number of ether oxygens (including phenoxy) is 2. The van der Waals surface area contributed by atoms with Crippen molar-refractivity contribution in [2.45, 2.75) is 29.7 Å². The Bertz CT molecular complexity index is 1480. The number of methoxy groups -OCH3 is 2. The van der Waals surface area contributed by atoms with Gasteiger partial charge in [0.2, 0.25) is 10.0 Å². The molecular formula is C26H28N2O7S2. The van der Waals surface area contributed by atoms with E-state index in [0.717, 1.165) is 24.4 Å². The predicted molar refractivity (Wildman–Crippen MR) is 139 cm³/mol. The van der Waals surface area contributed by atoms with Gasteiger partial charge in [-0.15, -0.1) is 0 Å². The lowest BCUT2D eigenvalue weighted by atomic mass is 10.0. The normalized spacial score (nSPS) is 13.0. The first-order valence-electron chi connectivity index (χ1n) is 11.1. The van der Waals surface area contributed by atoms with E-state index in [1.807, 2.05) is 13.8 Å². The molecule has 0 saturated heterocycles. The molecule has 0 aliphatic heterocycles. The molecule has 3 aromatic carbocycles. The van der Waals surface area contributed by atoms with Gasteiger partial charge in [0.05, 0.1) is 35.6 Å². The smallest absolute Gasteiger partial charge is 0.337 e. The van der Waals surface area contributed by atoms with Gasteiger partial charge in [0.15, 0.2) is 0 Å². The molecule has 0 spiro atoms. The third-order valence-corrected chi connectivity index (χ3v) is 8.25. The first kappa shape index (κ1) is 27.9. The second-order valence-corrected chi connectivity index (χ2v) is 11.6. The summed E-state index contributed by atoms with van der Waals surface area (Å²) in [7, 11) is -5.62. The van der Waals surface area contributed by atoms with E-state index in [4.69, 9.17) is 9.47 Å². The number of hydrogen-bond donors (Lipinski definition) is 2. The quantitative estimate of drug-likeness (QED) is 0.296. The summed E-state index contributed by atoms with van der Waals surface area (Å²) in [5.41, 5.74) is 1.81. The Hall–Kier alpha value is -3.67. The van der Waals surface area contributed by atoms with Gasteiger partial charge < -0.3 is 9.47 Å². The Labute approximate surface area is 217 Å². The number of carbonyl (C=O) groups excluding carboxylic acids is 1. The first-order chi connectivity index (χ1) is 17.5.